The van der Waals surface area contributed by atoms with Gasteiger partial charge in [0.2, 0.25) is 5.91 Å². The van der Waals surface area contributed by atoms with Gasteiger partial charge in [-0.05, 0) is 73.3 Å². The SMILES string of the molecule is CN1CCN(CC(=O)n2ccc3cc(NC(=C4C(=O)N(C)c5cc(C(=O)O)ccc54)c4ccc(F)cc4)ccc32)CC1. The lowest BCUT2D eigenvalue weighted by Crippen LogP contribution is -2.46. The van der Waals surface area contributed by atoms with Crippen LogP contribution in [0, 0.1) is 5.82 Å². The summed E-state index contributed by atoms with van der Waals surface area (Å²) in [7, 11) is 3.67. The predicted octanol–water partition coefficient (Wildman–Crippen LogP) is 4.32. The molecule has 1 fully saturated rings. The molecule has 1 aromatic heterocycles. The normalized spacial score (nSPS) is 17.0. The van der Waals surface area contributed by atoms with Gasteiger partial charge >= 0.3 is 5.97 Å². The second-order valence-corrected chi connectivity index (χ2v) is 10.7. The van der Waals surface area contributed by atoms with E-state index in [0.717, 1.165) is 37.1 Å². The van der Waals surface area contributed by atoms with Crippen LogP contribution >= 0.6 is 0 Å². The number of halogens is 1. The van der Waals surface area contributed by atoms with Gasteiger partial charge < -0.3 is 20.2 Å². The summed E-state index contributed by atoms with van der Waals surface area (Å²) in [4.78, 5) is 44.1. The minimum atomic E-state index is -1.09. The average Bonchev–Trinajstić information content (AvgIpc) is 3.51. The number of fused-ring (bicyclic) bond motifs is 2. The molecule has 1 saturated heterocycles. The van der Waals surface area contributed by atoms with Crippen molar-refractivity contribution in [2.24, 2.45) is 0 Å². The maximum Gasteiger partial charge on any atom is 0.335 e. The summed E-state index contributed by atoms with van der Waals surface area (Å²) in [6, 6.07) is 17.9. The number of aromatic carboxylic acids is 1. The van der Waals surface area contributed by atoms with Crippen LogP contribution in [0.1, 0.15) is 26.3 Å². The Labute approximate surface area is 242 Å². The molecule has 2 aliphatic rings. The van der Waals surface area contributed by atoms with Crippen molar-refractivity contribution in [2.75, 3.05) is 57.0 Å². The average molecular weight is 568 g/mol. The van der Waals surface area contributed by atoms with Crippen LogP contribution in [0.25, 0.3) is 22.2 Å². The summed E-state index contributed by atoms with van der Waals surface area (Å²) in [6.45, 7) is 3.92. The number of carbonyl (C=O) groups is 3. The first kappa shape index (κ1) is 27.4. The zero-order chi connectivity index (χ0) is 29.5. The van der Waals surface area contributed by atoms with Crippen molar-refractivity contribution in [1.82, 2.24) is 14.4 Å². The number of rotatable bonds is 6. The van der Waals surface area contributed by atoms with Crippen molar-refractivity contribution in [3.63, 3.8) is 0 Å². The van der Waals surface area contributed by atoms with Crippen molar-refractivity contribution in [3.8, 4) is 0 Å². The Hall–Kier alpha value is -4.80. The molecule has 6 rings (SSSR count). The van der Waals surface area contributed by atoms with E-state index in [1.165, 1.54) is 29.2 Å². The molecule has 214 valence electrons. The van der Waals surface area contributed by atoms with Gasteiger partial charge in [-0.3, -0.25) is 19.1 Å². The molecule has 0 aliphatic carbocycles. The molecule has 2 N–H and O–H groups in total. The molecule has 0 atom stereocenters. The van der Waals surface area contributed by atoms with E-state index in [1.807, 2.05) is 24.3 Å². The number of nitrogens with zero attached hydrogens (tertiary/aromatic N) is 4. The first-order valence-corrected chi connectivity index (χ1v) is 13.7. The van der Waals surface area contributed by atoms with E-state index >= 15 is 0 Å². The summed E-state index contributed by atoms with van der Waals surface area (Å²) in [5.41, 5.74) is 3.95. The Bertz CT molecular complexity index is 1750. The zero-order valence-corrected chi connectivity index (χ0v) is 23.3. The molecule has 2 aliphatic heterocycles. The maximum atomic E-state index is 13.9. The number of hydrogen-bond acceptors (Lipinski definition) is 6. The van der Waals surface area contributed by atoms with Crippen molar-refractivity contribution in [1.29, 1.82) is 0 Å². The molecule has 0 bridgehead atoms. The number of aromatic nitrogens is 1. The van der Waals surface area contributed by atoms with Gasteiger partial charge in [0.25, 0.3) is 5.91 Å². The molecule has 9 nitrogen and oxygen atoms in total. The fourth-order valence-corrected chi connectivity index (χ4v) is 5.54. The lowest BCUT2D eigenvalue weighted by atomic mass is 9.99. The molecule has 4 aromatic rings. The minimum absolute atomic E-state index is 0.00121. The van der Waals surface area contributed by atoms with E-state index in [0.29, 0.717) is 40.3 Å². The highest BCUT2D eigenvalue weighted by Gasteiger charge is 2.34. The van der Waals surface area contributed by atoms with Gasteiger partial charge in [0.05, 0.1) is 34.6 Å². The number of carbonyl (C=O) groups excluding carboxylic acids is 2. The molecule has 0 spiro atoms. The number of carboxylic acids is 1. The molecule has 0 saturated carbocycles. The lowest BCUT2D eigenvalue weighted by molar-refractivity contribution is -0.112. The van der Waals surface area contributed by atoms with Gasteiger partial charge in [0.1, 0.15) is 5.82 Å². The van der Waals surface area contributed by atoms with Crippen LogP contribution in [0.4, 0.5) is 15.8 Å². The quantitative estimate of drug-likeness (QED) is 0.335. The maximum absolute atomic E-state index is 13.9. The number of piperazine rings is 1. The number of nitrogens with one attached hydrogen (secondary N) is 1. The summed E-state index contributed by atoms with van der Waals surface area (Å²) in [6.07, 6.45) is 1.78. The smallest absolute Gasteiger partial charge is 0.335 e. The molecule has 10 heteroatoms. The van der Waals surface area contributed by atoms with Crippen molar-refractivity contribution in [2.45, 2.75) is 0 Å². The second kappa shape index (κ2) is 10.9. The Kier molecular flexibility index (Phi) is 7.09. The first-order chi connectivity index (χ1) is 20.2. The molecule has 0 radical (unpaired) electrons. The fraction of sp³-hybridized carbons (Fsp3) is 0.219. The van der Waals surface area contributed by atoms with Gasteiger partial charge in [-0.15, -0.1) is 0 Å². The second-order valence-electron chi connectivity index (χ2n) is 10.7. The molecule has 3 aromatic carbocycles. The largest absolute Gasteiger partial charge is 0.478 e. The third-order valence-corrected chi connectivity index (χ3v) is 7.96. The number of carboxylic acid groups (broad SMARTS) is 1. The number of anilines is 2. The summed E-state index contributed by atoms with van der Waals surface area (Å²) in [5, 5.41) is 13.7. The highest BCUT2D eigenvalue weighted by atomic mass is 19.1. The predicted molar refractivity (Wildman–Crippen MR) is 160 cm³/mol. The summed E-state index contributed by atoms with van der Waals surface area (Å²) >= 11 is 0. The minimum Gasteiger partial charge on any atom is -0.478 e. The number of benzene rings is 3. The van der Waals surface area contributed by atoms with Crippen LogP contribution in [0.3, 0.4) is 0 Å². The van der Waals surface area contributed by atoms with E-state index in [2.05, 4.69) is 22.2 Å². The topological polar surface area (TPSA) is 98.1 Å². The zero-order valence-electron chi connectivity index (χ0n) is 23.3. The van der Waals surface area contributed by atoms with Crippen molar-refractivity contribution in [3.05, 3.63) is 95.4 Å². The Morgan fingerprint density at radius 1 is 0.905 bits per heavy atom. The third kappa shape index (κ3) is 5.06. The monoisotopic (exact) mass is 567 g/mol. The molecule has 1 amide bonds. The van der Waals surface area contributed by atoms with Gasteiger partial charge in [0.15, 0.2) is 0 Å². The number of hydrogen-bond donors (Lipinski definition) is 2. The summed E-state index contributed by atoms with van der Waals surface area (Å²) in [5.74, 6) is -1.81. The molecule has 3 heterocycles. The van der Waals surface area contributed by atoms with E-state index in [4.69, 9.17) is 0 Å². The van der Waals surface area contributed by atoms with Crippen molar-refractivity contribution < 1.29 is 23.9 Å². The Morgan fingerprint density at radius 2 is 1.62 bits per heavy atom. The fourth-order valence-electron chi connectivity index (χ4n) is 5.54. The first-order valence-electron chi connectivity index (χ1n) is 13.7. The van der Waals surface area contributed by atoms with Gasteiger partial charge in [-0.1, -0.05) is 6.07 Å². The summed E-state index contributed by atoms with van der Waals surface area (Å²) < 4.78 is 15.5. The van der Waals surface area contributed by atoms with Gasteiger partial charge in [-0.2, -0.15) is 0 Å². The van der Waals surface area contributed by atoms with Crippen LogP contribution in [-0.4, -0.2) is 84.1 Å². The van der Waals surface area contributed by atoms with E-state index in [9.17, 15) is 23.9 Å². The van der Waals surface area contributed by atoms with Crippen molar-refractivity contribution >= 4 is 51.3 Å². The van der Waals surface area contributed by atoms with Gasteiger partial charge in [0, 0.05) is 56.1 Å². The van der Waals surface area contributed by atoms with Crippen LogP contribution in [0.5, 0.6) is 0 Å². The molecular formula is C32H30FN5O4. The Balaban J connectivity index is 1.36. The van der Waals surface area contributed by atoms with Crippen LogP contribution in [0.15, 0.2) is 72.9 Å². The highest BCUT2D eigenvalue weighted by Crippen LogP contribution is 2.41. The number of likely N-dealkylation sites (N-methyl/N-ethyl adjacent to an activating group) is 2. The van der Waals surface area contributed by atoms with Crippen LogP contribution < -0.4 is 10.2 Å². The van der Waals surface area contributed by atoms with Crippen LogP contribution in [-0.2, 0) is 4.79 Å². The molecule has 0 unspecified atom stereocenters. The highest BCUT2D eigenvalue weighted by molar-refractivity contribution is 6.38. The third-order valence-electron chi connectivity index (χ3n) is 7.96. The van der Waals surface area contributed by atoms with Crippen LogP contribution in [0.2, 0.25) is 0 Å². The van der Waals surface area contributed by atoms with E-state index < -0.39 is 11.8 Å². The molecular weight excluding hydrogens is 537 g/mol. The standard InChI is InChI=1S/C32H30FN5O4/c1-35-13-15-37(16-14-35)19-28(39)38-12-11-21-17-24(8-10-26(21)38)34-30(20-3-6-23(33)7-4-20)29-25-9-5-22(32(41)42)18-27(25)36(2)31(29)40/h3-12,17-18,34H,13-16,19H2,1-2H3,(H,41,42). The van der Waals surface area contributed by atoms with E-state index in [1.54, 1.807) is 36.0 Å². The van der Waals surface area contributed by atoms with Gasteiger partial charge in [-0.25, -0.2) is 9.18 Å². The lowest BCUT2D eigenvalue weighted by Gasteiger charge is -2.31. The Morgan fingerprint density at radius 3 is 2.33 bits per heavy atom. The molecule has 42 heavy (non-hydrogen) atoms. The number of amides is 1. The van der Waals surface area contributed by atoms with E-state index in [-0.39, 0.29) is 17.4 Å².